The van der Waals surface area contributed by atoms with E-state index in [2.05, 4.69) is 15.0 Å². The van der Waals surface area contributed by atoms with E-state index in [1.807, 2.05) is 16.8 Å². The SMILES string of the molecule is O=C(O)CC1CSCCN1Cc1nc(-c2ccsc2)no1. The third kappa shape index (κ3) is 3.63. The molecule has 112 valence electrons. The molecule has 1 aliphatic rings. The smallest absolute Gasteiger partial charge is 0.304 e. The summed E-state index contributed by atoms with van der Waals surface area (Å²) in [5.74, 6) is 2.20. The zero-order chi connectivity index (χ0) is 14.7. The lowest BCUT2D eigenvalue weighted by atomic mass is 10.2. The number of aromatic nitrogens is 2. The fraction of sp³-hybridized carbons (Fsp3) is 0.462. The van der Waals surface area contributed by atoms with Gasteiger partial charge in [-0.2, -0.15) is 28.1 Å². The molecule has 0 aromatic carbocycles. The molecular formula is C13H15N3O3S2. The molecule has 1 aliphatic heterocycles. The monoisotopic (exact) mass is 325 g/mol. The first kappa shape index (κ1) is 14.6. The lowest BCUT2D eigenvalue weighted by molar-refractivity contribution is -0.138. The van der Waals surface area contributed by atoms with Crippen LogP contribution in [0, 0.1) is 0 Å². The minimum atomic E-state index is -0.767. The molecule has 2 aromatic rings. The van der Waals surface area contributed by atoms with E-state index in [-0.39, 0.29) is 12.5 Å². The first-order valence-electron chi connectivity index (χ1n) is 6.61. The van der Waals surface area contributed by atoms with Gasteiger partial charge in [-0.05, 0) is 11.4 Å². The fourth-order valence-electron chi connectivity index (χ4n) is 2.29. The number of thiophene rings is 1. The quantitative estimate of drug-likeness (QED) is 0.902. The van der Waals surface area contributed by atoms with Gasteiger partial charge in [0.25, 0.3) is 0 Å². The van der Waals surface area contributed by atoms with Crippen molar-refractivity contribution >= 4 is 29.1 Å². The van der Waals surface area contributed by atoms with Crippen LogP contribution in [0.4, 0.5) is 0 Å². The maximum absolute atomic E-state index is 10.9. The second-order valence-corrected chi connectivity index (χ2v) is 6.75. The highest BCUT2D eigenvalue weighted by molar-refractivity contribution is 7.99. The van der Waals surface area contributed by atoms with E-state index in [0.29, 0.717) is 18.3 Å². The highest BCUT2D eigenvalue weighted by atomic mass is 32.2. The number of rotatable bonds is 5. The summed E-state index contributed by atoms with van der Waals surface area (Å²) < 4.78 is 5.29. The molecule has 3 rings (SSSR count). The standard InChI is InChI=1S/C13H15N3O3S2/c17-12(18)5-10-8-21-4-2-16(10)6-11-14-13(15-19-11)9-1-3-20-7-9/h1,3,7,10H,2,4-6,8H2,(H,17,18). The summed E-state index contributed by atoms with van der Waals surface area (Å²) in [7, 11) is 0. The van der Waals surface area contributed by atoms with E-state index >= 15 is 0 Å². The molecule has 1 unspecified atom stereocenters. The second kappa shape index (κ2) is 6.59. The predicted molar refractivity (Wildman–Crippen MR) is 81.4 cm³/mol. The first-order chi connectivity index (χ1) is 10.2. The molecule has 0 saturated carbocycles. The minimum Gasteiger partial charge on any atom is -0.481 e. The van der Waals surface area contributed by atoms with Crippen LogP contribution >= 0.6 is 23.1 Å². The van der Waals surface area contributed by atoms with Gasteiger partial charge in [0.2, 0.25) is 11.7 Å². The minimum absolute atomic E-state index is 0.0257. The summed E-state index contributed by atoms with van der Waals surface area (Å²) in [6.07, 6.45) is 0.151. The van der Waals surface area contributed by atoms with Crippen molar-refractivity contribution in [3.63, 3.8) is 0 Å². The highest BCUT2D eigenvalue weighted by Gasteiger charge is 2.26. The van der Waals surface area contributed by atoms with Gasteiger partial charge in [0, 0.05) is 35.0 Å². The topological polar surface area (TPSA) is 79.5 Å². The number of carbonyl (C=O) groups is 1. The largest absolute Gasteiger partial charge is 0.481 e. The van der Waals surface area contributed by atoms with Gasteiger partial charge in [-0.25, -0.2) is 0 Å². The summed E-state index contributed by atoms with van der Waals surface area (Å²) in [5, 5.41) is 16.9. The molecule has 6 nitrogen and oxygen atoms in total. The second-order valence-electron chi connectivity index (χ2n) is 4.82. The normalized spacial score (nSPS) is 19.7. The van der Waals surface area contributed by atoms with E-state index in [9.17, 15) is 4.79 Å². The Kier molecular flexibility index (Phi) is 4.57. The summed E-state index contributed by atoms with van der Waals surface area (Å²) in [6.45, 7) is 1.36. The van der Waals surface area contributed by atoms with Crippen molar-refractivity contribution in [3.05, 3.63) is 22.7 Å². The number of aliphatic carboxylic acids is 1. The third-order valence-electron chi connectivity index (χ3n) is 3.35. The van der Waals surface area contributed by atoms with Crippen LogP contribution in [0.1, 0.15) is 12.3 Å². The fourth-order valence-corrected chi connectivity index (χ4v) is 4.05. The van der Waals surface area contributed by atoms with Crippen molar-refractivity contribution in [1.29, 1.82) is 0 Å². The number of nitrogens with zero attached hydrogens (tertiary/aromatic N) is 3. The molecule has 1 N–H and O–H groups in total. The summed E-state index contributed by atoms with van der Waals surface area (Å²) in [6, 6.07) is 1.97. The van der Waals surface area contributed by atoms with Crippen LogP contribution in [-0.2, 0) is 11.3 Å². The lowest BCUT2D eigenvalue weighted by Gasteiger charge is -2.33. The van der Waals surface area contributed by atoms with E-state index < -0.39 is 5.97 Å². The molecule has 1 saturated heterocycles. The molecule has 8 heteroatoms. The van der Waals surface area contributed by atoms with E-state index in [4.69, 9.17) is 9.63 Å². The summed E-state index contributed by atoms with van der Waals surface area (Å²) in [5.41, 5.74) is 0.950. The number of carboxylic acids is 1. The van der Waals surface area contributed by atoms with Gasteiger partial charge in [0.05, 0.1) is 13.0 Å². The van der Waals surface area contributed by atoms with Crippen LogP contribution < -0.4 is 0 Å². The number of hydrogen-bond acceptors (Lipinski definition) is 7. The number of thioether (sulfide) groups is 1. The molecule has 0 aliphatic carbocycles. The van der Waals surface area contributed by atoms with Crippen LogP contribution in [0.5, 0.6) is 0 Å². The average Bonchev–Trinajstić information content (AvgIpc) is 3.11. The van der Waals surface area contributed by atoms with Gasteiger partial charge in [-0.3, -0.25) is 9.69 Å². The molecule has 21 heavy (non-hydrogen) atoms. The van der Waals surface area contributed by atoms with Gasteiger partial charge in [0.1, 0.15) is 0 Å². The Balaban J connectivity index is 1.68. The zero-order valence-corrected chi connectivity index (χ0v) is 12.9. The van der Waals surface area contributed by atoms with E-state index in [1.165, 1.54) is 0 Å². The molecule has 0 amide bonds. The van der Waals surface area contributed by atoms with Crippen LogP contribution in [0.3, 0.4) is 0 Å². The molecule has 0 radical (unpaired) electrons. The first-order valence-corrected chi connectivity index (χ1v) is 8.71. The van der Waals surface area contributed by atoms with Crippen LogP contribution in [0.25, 0.3) is 11.4 Å². The molecule has 0 spiro atoms. The molecule has 2 aromatic heterocycles. The number of carboxylic acid groups (broad SMARTS) is 1. The Morgan fingerprint density at radius 2 is 2.48 bits per heavy atom. The Hall–Kier alpha value is -1.38. The van der Waals surface area contributed by atoms with Crippen molar-refractivity contribution in [2.45, 2.75) is 19.0 Å². The van der Waals surface area contributed by atoms with Gasteiger partial charge in [-0.15, -0.1) is 0 Å². The Morgan fingerprint density at radius 1 is 1.57 bits per heavy atom. The number of hydrogen-bond donors (Lipinski definition) is 1. The van der Waals surface area contributed by atoms with Crippen molar-refractivity contribution in [2.24, 2.45) is 0 Å². The van der Waals surface area contributed by atoms with E-state index in [0.717, 1.165) is 23.6 Å². The van der Waals surface area contributed by atoms with Crippen molar-refractivity contribution in [2.75, 3.05) is 18.1 Å². The van der Waals surface area contributed by atoms with Crippen molar-refractivity contribution < 1.29 is 14.4 Å². The van der Waals surface area contributed by atoms with E-state index in [1.54, 1.807) is 23.1 Å². The van der Waals surface area contributed by atoms with Gasteiger partial charge < -0.3 is 9.63 Å². The molecule has 1 fully saturated rings. The Morgan fingerprint density at radius 3 is 3.24 bits per heavy atom. The predicted octanol–water partition coefficient (Wildman–Crippen LogP) is 2.19. The van der Waals surface area contributed by atoms with Crippen molar-refractivity contribution in [3.8, 4) is 11.4 Å². The molecular weight excluding hydrogens is 310 g/mol. The molecule has 1 atom stereocenters. The Bertz CT molecular complexity index is 600. The van der Waals surface area contributed by atoms with Gasteiger partial charge in [0.15, 0.2) is 0 Å². The third-order valence-corrected chi connectivity index (χ3v) is 5.12. The maximum Gasteiger partial charge on any atom is 0.304 e. The molecule has 0 bridgehead atoms. The van der Waals surface area contributed by atoms with Crippen LogP contribution in [0.2, 0.25) is 0 Å². The zero-order valence-electron chi connectivity index (χ0n) is 11.3. The Labute approximate surface area is 130 Å². The highest BCUT2D eigenvalue weighted by Crippen LogP contribution is 2.23. The summed E-state index contributed by atoms with van der Waals surface area (Å²) >= 11 is 3.38. The lowest BCUT2D eigenvalue weighted by Crippen LogP contribution is -2.43. The summed E-state index contributed by atoms with van der Waals surface area (Å²) in [4.78, 5) is 17.5. The maximum atomic E-state index is 10.9. The van der Waals surface area contributed by atoms with Crippen molar-refractivity contribution in [1.82, 2.24) is 15.0 Å². The molecule has 3 heterocycles. The van der Waals surface area contributed by atoms with Crippen LogP contribution in [-0.4, -0.2) is 50.2 Å². The van der Waals surface area contributed by atoms with Gasteiger partial charge >= 0.3 is 5.97 Å². The average molecular weight is 325 g/mol. The van der Waals surface area contributed by atoms with Crippen LogP contribution in [0.15, 0.2) is 21.3 Å². The van der Waals surface area contributed by atoms with Gasteiger partial charge in [-0.1, -0.05) is 5.16 Å².